The van der Waals surface area contributed by atoms with Gasteiger partial charge in [0.15, 0.2) is 0 Å². The number of aryl methyl sites for hydroxylation is 1. The van der Waals surface area contributed by atoms with Gasteiger partial charge in [0.1, 0.15) is 0 Å². The number of likely N-dealkylation sites (tertiary alicyclic amines) is 1. The number of benzene rings is 1. The molecule has 2 aromatic rings. The summed E-state index contributed by atoms with van der Waals surface area (Å²) in [6.07, 6.45) is 2.50. The van der Waals surface area contributed by atoms with E-state index in [0.29, 0.717) is 6.54 Å². The molecule has 0 aliphatic carbocycles. The van der Waals surface area contributed by atoms with E-state index in [1.165, 1.54) is 35.3 Å². The number of hydrogen-bond donors (Lipinski definition) is 1. The van der Waals surface area contributed by atoms with Gasteiger partial charge in [0.25, 0.3) is 5.91 Å². The molecule has 1 aromatic heterocycles. The summed E-state index contributed by atoms with van der Waals surface area (Å²) in [5, 5.41) is 5.04. The molecule has 1 atom stereocenters. The lowest BCUT2D eigenvalue weighted by atomic mass is 10.0. The Morgan fingerprint density at radius 2 is 1.95 bits per heavy atom. The summed E-state index contributed by atoms with van der Waals surface area (Å²) in [5.41, 5.74) is 2.56. The van der Waals surface area contributed by atoms with Gasteiger partial charge in [0.2, 0.25) is 0 Å². The van der Waals surface area contributed by atoms with Gasteiger partial charge in [-0.2, -0.15) is 0 Å². The number of carbonyl (C=O) groups is 1. The smallest absolute Gasteiger partial charge is 0.261 e. The topological polar surface area (TPSA) is 32.3 Å². The predicted octanol–water partition coefficient (Wildman–Crippen LogP) is 3.62. The summed E-state index contributed by atoms with van der Waals surface area (Å²) in [6.45, 7) is 5.01. The Morgan fingerprint density at radius 3 is 2.59 bits per heavy atom. The van der Waals surface area contributed by atoms with E-state index in [-0.39, 0.29) is 11.9 Å². The van der Waals surface area contributed by atoms with Crippen LogP contribution in [0.4, 0.5) is 0 Å². The maximum absolute atomic E-state index is 12.2. The van der Waals surface area contributed by atoms with Crippen LogP contribution in [0.15, 0.2) is 41.8 Å². The summed E-state index contributed by atoms with van der Waals surface area (Å²) >= 11 is 1.49. The van der Waals surface area contributed by atoms with Crippen LogP contribution >= 0.6 is 11.3 Å². The second kappa shape index (κ2) is 7.07. The van der Waals surface area contributed by atoms with Gasteiger partial charge in [-0.15, -0.1) is 11.3 Å². The molecule has 0 radical (unpaired) electrons. The van der Waals surface area contributed by atoms with Crippen molar-refractivity contribution in [2.24, 2.45) is 0 Å². The third kappa shape index (κ3) is 3.57. The van der Waals surface area contributed by atoms with E-state index < -0.39 is 0 Å². The second-order valence-corrected chi connectivity index (χ2v) is 6.80. The summed E-state index contributed by atoms with van der Waals surface area (Å²) in [6, 6.07) is 12.7. The highest BCUT2D eigenvalue weighted by Gasteiger charge is 2.24. The fraction of sp³-hybridized carbons (Fsp3) is 0.389. The van der Waals surface area contributed by atoms with E-state index in [9.17, 15) is 4.79 Å². The van der Waals surface area contributed by atoms with Gasteiger partial charge >= 0.3 is 0 Å². The summed E-state index contributed by atoms with van der Waals surface area (Å²) in [4.78, 5) is 15.5. The van der Waals surface area contributed by atoms with Crippen LogP contribution in [-0.4, -0.2) is 30.4 Å². The van der Waals surface area contributed by atoms with E-state index in [4.69, 9.17) is 0 Å². The molecule has 1 amide bonds. The van der Waals surface area contributed by atoms with E-state index in [0.717, 1.165) is 18.0 Å². The van der Waals surface area contributed by atoms with Crippen LogP contribution in [0, 0.1) is 6.92 Å². The quantitative estimate of drug-likeness (QED) is 0.914. The van der Waals surface area contributed by atoms with Crippen LogP contribution in [-0.2, 0) is 0 Å². The third-order valence-electron chi connectivity index (χ3n) is 4.24. The molecule has 0 saturated carbocycles. The minimum absolute atomic E-state index is 0.0336. The zero-order chi connectivity index (χ0) is 15.4. The molecular formula is C18H22N2OS. The summed E-state index contributed by atoms with van der Waals surface area (Å²) < 4.78 is 0. The molecule has 3 rings (SSSR count). The van der Waals surface area contributed by atoms with Gasteiger partial charge < -0.3 is 5.32 Å². The minimum Gasteiger partial charge on any atom is -0.349 e. The lowest BCUT2D eigenvalue weighted by Crippen LogP contribution is -2.36. The van der Waals surface area contributed by atoms with Crippen LogP contribution in [0.3, 0.4) is 0 Å². The number of nitrogens with zero attached hydrogens (tertiary/aromatic N) is 1. The normalized spacial score (nSPS) is 16.6. The third-order valence-corrected chi connectivity index (χ3v) is 5.11. The molecule has 2 heterocycles. The zero-order valence-electron chi connectivity index (χ0n) is 12.9. The van der Waals surface area contributed by atoms with Crippen LogP contribution in [0.1, 0.15) is 39.7 Å². The maximum Gasteiger partial charge on any atom is 0.261 e. The molecule has 1 N–H and O–H groups in total. The molecule has 22 heavy (non-hydrogen) atoms. The predicted molar refractivity (Wildman–Crippen MR) is 91.4 cm³/mol. The Bertz CT molecular complexity index is 601. The molecule has 1 aliphatic heterocycles. The Balaban J connectivity index is 1.71. The van der Waals surface area contributed by atoms with Crippen molar-refractivity contribution < 1.29 is 4.79 Å². The first kappa shape index (κ1) is 15.3. The van der Waals surface area contributed by atoms with Crippen molar-refractivity contribution in [3.05, 3.63) is 57.8 Å². The van der Waals surface area contributed by atoms with E-state index in [2.05, 4.69) is 41.4 Å². The zero-order valence-corrected chi connectivity index (χ0v) is 13.7. The fourth-order valence-electron chi connectivity index (χ4n) is 2.98. The van der Waals surface area contributed by atoms with Crippen LogP contribution in [0.25, 0.3) is 0 Å². The van der Waals surface area contributed by atoms with Gasteiger partial charge in [-0.3, -0.25) is 9.69 Å². The van der Waals surface area contributed by atoms with Gasteiger partial charge in [-0.25, -0.2) is 0 Å². The first-order valence-corrected chi connectivity index (χ1v) is 8.74. The van der Waals surface area contributed by atoms with Crippen molar-refractivity contribution in [1.82, 2.24) is 10.2 Å². The lowest BCUT2D eigenvalue weighted by molar-refractivity contribution is 0.0942. The Labute approximate surface area is 136 Å². The van der Waals surface area contributed by atoms with Crippen molar-refractivity contribution in [1.29, 1.82) is 0 Å². The lowest BCUT2D eigenvalue weighted by Gasteiger charge is -2.28. The standard InChI is InChI=1S/C18H22N2OS/c1-14-6-8-15(9-7-14)16(20-10-2-3-11-20)13-19-18(21)17-5-4-12-22-17/h4-9,12,16H,2-3,10-11,13H2,1H3,(H,19,21)/t16-/m0/s1. The molecule has 0 bridgehead atoms. The monoisotopic (exact) mass is 314 g/mol. The van der Waals surface area contributed by atoms with Crippen LogP contribution < -0.4 is 5.32 Å². The molecule has 1 saturated heterocycles. The van der Waals surface area contributed by atoms with Crippen molar-refractivity contribution in [3.8, 4) is 0 Å². The van der Waals surface area contributed by atoms with Crippen molar-refractivity contribution in [2.45, 2.75) is 25.8 Å². The van der Waals surface area contributed by atoms with Gasteiger partial charge in [0.05, 0.1) is 10.9 Å². The molecular weight excluding hydrogens is 292 g/mol. The number of rotatable bonds is 5. The number of hydrogen-bond acceptors (Lipinski definition) is 3. The molecule has 4 heteroatoms. The Hall–Kier alpha value is -1.65. The molecule has 0 unspecified atom stereocenters. The van der Waals surface area contributed by atoms with Gasteiger partial charge in [-0.1, -0.05) is 35.9 Å². The maximum atomic E-state index is 12.2. The van der Waals surface area contributed by atoms with E-state index in [1.807, 2.05) is 17.5 Å². The summed E-state index contributed by atoms with van der Waals surface area (Å²) in [5.74, 6) is 0.0336. The average molecular weight is 314 g/mol. The molecule has 1 aromatic carbocycles. The molecule has 1 fully saturated rings. The Morgan fingerprint density at radius 1 is 1.23 bits per heavy atom. The number of carbonyl (C=O) groups excluding carboxylic acids is 1. The molecule has 0 spiro atoms. The Kier molecular flexibility index (Phi) is 4.90. The SMILES string of the molecule is Cc1ccc([C@H](CNC(=O)c2cccs2)N2CCCC2)cc1. The fourth-order valence-corrected chi connectivity index (χ4v) is 3.62. The number of amides is 1. The average Bonchev–Trinajstić information content (AvgIpc) is 3.22. The van der Waals surface area contributed by atoms with Crippen molar-refractivity contribution in [2.75, 3.05) is 19.6 Å². The summed E-state index contributed by atoms with van der Waals surface area (Å²) in [7, 11) is 0. The van der Waals surface area contributed by atoms with Crippen molar-refractivity contribution in [3.63, 3.8) is 0 Å². The first-order valence-electron chi connectivity index (χ1n) is 7.86. The van der Waals surface area contributed by atoms with Gasteiger partial charge in [0, 0.05) is 6.54 Å². The molecule has 116 valence electrons. The van der Waals surface area contributed by atoms with E-state index >= 15 is 0 Å². The van der Waals surface area contributed by atoms with Crippen LogP contribution in [0.2, 0.25) is 0 Å². The highest BCUT2D eigenvalue weighted by molar-refractivity contribution is 7.12. The minimum atomic E-state index is 0.0336. The first-order chi connectivity index (χ1) is 10.7. The second-order valence-electron chi connectivity index (χ2n) is 5.86. The van der Waals surface area contributed by atoms with Crippen molar-refractivity contribution >= 4 is 17.2 Å². The highest BCUT2D eigenvalue weighted by Crippen LogP contribution is 2.25. The number of nitrogens with one attached hydrogen (secondary N) is 1. The number of thiophene rings is 1. The largest absolute Gasteiger partial charge is 0.349 e. The van der Waals surface area contributed by atoms with E-state index in [1.54, 1.807) is 0 Å². The highest BCUT2D eigenvalue weighted by atomic mass is 32.1. The molecule has 1 aliphatic rings. The van der Waals surface area contributed by atoms with Gasteiger partial charge in [-0.05, 0) is 49.9 Å². The van der Waals surface area contributed by atoms with Crippen LogP contribution in [0.5, 0.6) is 0 Å². The molecule has 3 nitrogen and oxygen atoms in total.